The van der Waals surface area contributed by atoms with Gasteiger partial charge < -0.3 is 14.5 Å². The zero-order valence-corrected chi connectivity index (χ0v) is 14.5. The molecule has 128 valence electrons. The van der Waals surface area contributed by atoms with Gasteiger partial charge in [-0.3, -0.25) is 4.79 Å². The Labute approximate surface area is 149 Å². The first-order valence-corrected chi connectivity index (χ1v) is 8.03. The quantitative estimate of drug-likeness (QED) is 0.714. The number of ether oxygens (including phenoxy) is 1. The lowest BCUT2D eigenvalue weighted by Gasteiger charge is -2.09. The molecule has 0 aliphatic heterocycles. The summed E-state index contributed by atoms with van der Waals surface area (Å²) in [5.41, 5.74) is 2.24. The minimum Gasteiger partial charge on any atom is -0.484 e. The van der Waals surface area contributed by atoms with E-state index in [9.17, 15) is 9.59 Å². The first kappa shape index (κ1) is 17.0. The number of halogens is 1. The van der Waals surface area contributed by atoms with Crippen molar-refractivity contribution < 1.29 is 13.9 Å². The molecular weight excluding hydrogens is 342 g/mol. The van der Waals surface area contributed by atoms with Crippen molar-refractivity contribution in [3.8, 4) is 5.75 Å². The van der Waals surface area contributed by atoms with Crippen LogP contribution in [-0.4, -0.2) is 12.5 Å². The summed E-state index contributed by atoms with van der Waals surface area (Å²) in [6.07, 6.45) is 0. The van der Waals surface area contributed by atoms with Crippen molar-refractivity contribution >= 4 is 34.2 Å². The van der Waals surface area contributed by atoms with Crippen LogP contribution in [0.15, 0.2) is 51.7 Å². The predicted octanol–water partition coefficient (Wildman–Crippen LogP) is 4.08. The van der Waals surface area contributed by atoms with Crippen LogP contribution in [0.1, 0.15) is 11.1 Å². The van der Waals surface area contributed by atoms with Gasteiger partial charge in [0.05, 0.1) is 0 Å². The van der Waals surface area contributed by atoms with E-state index in [1.165, 1.54) is 6.07 Å². The summed E-state index contributed by atoms with van der Waals surface area (Å²) >= 11 is 5.95. The van der Waals surface area contributed by atoms with Crippen LogP contribution in [0, 0.1) is 13.8 Å². The molecular formula is C19H16ClNO4. The van der Waals surface area contributed by atoms with Crippen LogP contribution in [0.3, 0.4) is 0 Å². The minimum atomic E-state index is -0.421. The van der Waals surface area contributed by atoms with Gasteiger partial charge in [0, 0.05) is 28.2 Å². The van der Waals surface area contributed by atoms with Crippen molar-refractivity contribution in [3.63, 3.8) is 0 Å². The van der Waals surface area contributed by atoms with Crippen LogP contribution in [0.2, 0.25) is 5.02 Å². The first-order valence-electron chi connectivity index (χ1n) is 7.66. The summed E-state index contributed by atoms with van der Waals surface area (Å²) in [4.78, 5) is 23.5. The lowest BCUT2D eigenvalue weighted by molar-refractivity contribution is -0.118. The molecule has 0 saturated heterocycles. The number of fused-ring (bicyclic) bond motifs is 1. The summed E-state index contributed by atoms with van der Waals surface area (Å²) in [6.45, 7) is 3.55. The number of benzene rings is 2. The van der Waals surface area contributed by atoms with Crippen LogP contribution in [0.5, 0.6) is 5.75 Å². The van der Waals surface area contributed by atoms with Crippen molar-refractivity contribution in [2.75, 3.05) is 11.9 Å². The largest absolute Gasteiger partial charge is 0.484 e. The zero-order valence-electron chi connectivity index (χ0n) is 13.8. The Morgan fingerprint density at radius 2 is 1.92 bits per heavy atom. The van der Waals surface area contributed by atoms with E-state index in [1.807, 2.05) is 13.8 Å². The van der Waals surface area contributed by atoms with Gasteiger partial charge in [-0.1, -0.05) is 11.6 Å². The topological polar surface area (TPSA) is 68.5 Å². The van der Waals surface area contributed by atoms with Gasteiger partial charge in [0.1, 0.15) is 11.3 Å². The fraction of sp³-hybridized carbons (Fsp3) is 0.158. The molecule has 1 aromatic heterocycles. The van der Waals surface area contributed by atoms with Crippen molar-refractivity contribution in [2.24, 2.45) is 0 Å². The fourth-order valence-corrected chi connectivity index (χ4v) is 2.57. The smallest absolute Gasteiger partial charge is 0.336 e. The molecule has 0 aliphatic carbocycles. The van der Waals surface area contributed by atoms with E-state index in [4.69, 9.17) is 20.8 Å². The van der Waals surface area contributed by atoms with Gasteiger partial charge >= 0.3 is 5.63 Å². The lowest BCUT2D eigenvalue weighted by atomic mass is 10.1. The average molecular weight is 358 g/mol. The maximum atomic E-state index is 12.1. The predicted molar refractivity (Wildman–Crippen MR) is 97.5 cm³/mol. The Balaban J connectivity index is 1.69. The van der Waals surface area contributed by atoms with E-state index in [1.54, 1.807) is 36.4 Å². The molecule has 5 nitrogen and oxygen atoms in total. The summed E-state index contributed by atoms with van der Waals surface area (Å²) in [6, 6.07) is 11.8. The number of hydrogen-bond donors (Lipinski definition) is 1. The molecule has 0 unspecified atom stereocenters. The van der Waals surface area contributed by atoms with Gasteiger partial charge in [0.2, 0.25) is 0 Å². The molecule has 1 amide bonds. The van der Waals surface area contributed by atoms with Gasteiger partial charge in [0.25, 0.3) is 5.91 Å². The summed E-state index contributed by atoms with van der Waals surface area (Å²) in [5, 5.41) is 4.19. The molecule has 0 radical (unpaired) electrons. The fourth-order valence-electron chi connectivity index (χ4n) is 2.46. The molecule has 1 heterocycles. The highest BCUT2D eigenvalue weighted by Gasteiger charge is 2.08. The van der Waals surface area contributed by atoms with Crippen molar-refractivity contribution in [1.29, 1.82) is 0 Å². The van der Waals surface area contributed by atoms with Crippen LogP contribution in [0.4, 0.5) is 5.69 Å². The number of hydrogen-bond acceptors (Lipinski definition) is 4. The van der Waals surface area contributed by atoms with E-state index < -0.39 is 5.63 Å². The summed E-state index contributed by atoms with van der Waals surface area (Å²) < 4.78 is 10.6. The summed E-state index contributed by atoms with van der Waals surface area (Å²) in [7, 11) is 0. The maximum absolute atomic E-state index is 12.1. The van der Waals surface area contributed by atoms with Crippen LogP contribution in [-0.2, 0) is 4.79 Å². The molecule has 1 N–H and O–H groups in total. The Morgan fingerprint density at radius 3 is 2.68 bits per heavy atom. The van der Waals surface area contributed by atoms with E-state index >= 15 is 0 Å². The van der Waals surface area contributed by atoms with E-state index in [0.29, 0.717) is 22.0 Å². The number of rotatable bonds is 4. The Kier molecular flexibility index (Phi) is 4.76. The average Bonchev–Trinajstić information content (AvgIpc) is 2.55. The van der Waals surface area contributed by atoms with Gasteiger partial charge in [-0.05, 0) is 55.3 Å². The first-order chi connectivity index (χ1) is 11.9. The molecule has 0 bridgehead atoms. The molecule has 0 aliphatic rings. The van der Waals surface area contributed by atoms with Gasteiger partial charge in [0.15, 0.2) is 6.61 Å². The third-order valence-corrected chi connectivity index (χ3v) is 4.16. The Bertz CT molecular complexity index is 1010. The Hall–Kier alpha value is -2.79. The third-order valence-electron chi connectivity index (χ3n) is 3.73. The van der Waals surface area contributed by atoms with Crippen molar-refractivity contribution in [2.45, 2.75) is 13.8 Å². The lowest BCUT2D eigenvalue weighted by Crippen LogP contribution is -2.20. The van der Waals surface area contributed by atoms with E-state index in [0.717, 1.165) is 16.5 Å². The molecule has 3 rings (SSSR count). The molecule has 0 atom stereocenters. The molecule has 0 spiro atoms. The standard InChI is InChI=1S/C19H16ClNO4/c1-11-8-19(23)25-17-9-13(3-5-15(11)17)21-18(22)10-24-14-4-6-16(20)12(2)7-14/h3-9H,10H2,1-2H3,(H,21,22). The second-order valence-corrected chi connectivity index (χ2v) is 6.11. The zero-order chi connectivity index (χ0) is 18.0. The SMILES string of the molecule is Cc1cc(OCC(=O)Nc2ccc3c(C)cc(=O)oc3c2)ccc1Cl. The number of anilines is 1. The number of carbonyl (C=O) groups excluding carboxylic acids is 1. The van der Waals surface area contributed by atoms with Crippen LogP contribution >= 0.6 is 11.6 Å². The second-order valence-electron chi connectivity index (χ2n) is 5.71. The van der Waals surface area contributed by atoms with Gasteiger partial charge in [-0.25, -0.2) is 4.79 Å². The van der Waals surface area contributed by atoms with Crippen molar-refractivity contribution in [3.05, 3.63) is 69.0 Å². The number of aryl methyl sites for hydroxylation is 2. The van der Waals surface area contributed by atoms with Gasteiger partial charge in [-0.15, -0.1) is 0 Å². The van der Waals surface area contributed by atoms with E-state index in [2.05, 4.69) is 5.32 Å². The number of nitrogens with one attached hydrogen (secondary N) is 1. The van der Waals surface area contributed by atoms with Crippen LogP contribution in [0.25, 0.3) is 11.0 Å². The van der Waals surface area contributed by atoms with Crippen LogP contribution < -0.4 is 15.7 Å². The van der Waals surface area contributed by atoms with Crippen molar-refractivity contribution in [1.82, 2.24) is 0 Å². The second kappa shape index (κ2) is 6.99. The van der Waals surface area contributed by atoms with Gasteiger partial charge in [-0.2, -0.15) is 0 Å². The Morgan fingerprint density at radius 1 is 1.12 bits per heavy atom. The summed E-state index contributed by atoms with van der Waals surface area (Å²) in [5.74, 6) is 0.249. The highest BCUT2D eigenvalue weighted by molar-refractivity contribution is 6.31. The highest BCUT2D eigenvalue weighted by Crippen LogP contribution is 2.22. The number of carbonyl (C=O) groups is 1. The normalized spacial score (nSPS) is 10.7. The molecule has 25 heavy (non-hydrogen) atoms. The molecule has 3 aromatic rings. The minimum absolute atomic E-state index is 0.142. The third kappa shape index (κ3) is 4.00. The maximum Gasteiger partial charge on any atom is 0.336 e. The van der Waals surface area contributed by atoms with E-state index in [-0.39, 0.29) is 12.5 Å². The molecule has 0 saturated carbocycles. The monoisotopic (exact) mass is 357 g/mol. The molecule has 0 fully saturated rings. The molecule has 6 heteroatoms. The number of amides is 1. The molecule has 2 aromatic carbocycles. The highest BCUT2D eigenvalue weighted by atomic mass is 35.5.